The molecule has 144 valence electrons. The van der Waals surface area contributed by atoms with Gasteiger partial charge in [0.25, 0.3) is 0 Å². The van der Waals surface area contributed by atoms with Gasteiger partial charge in [-0.05, 0) is 35.7 Å². The van der Waals surface area contributed by atoms with Crippen LogP contribution in [0.4, 0.5) is 17.1 Å². The Hall–Kier alpha value is -3.15. The van der Waals surface area contributed by atoms with Crippen molar-refractivity contribution in [3.05, 3.63) is 54.1 Å². The van der Waals surface area contributed by atoms with Crippen LogP contribution in [0, 0.1) is 5.92 Å². The first-order valence-electron chi connectivity index (χ1n) is 9.54. The standard InChI is InChI=1S/C22H23N3O3/c1-14(2)15-6-5-7-17(10-15)24-12-16(11-21(24)27)22(28)25-13-20(26)23-18-8-3-4-9-19(18)25/h3-10,14,16H,11-13H2,1-2H3,(H,23,26). The van der Waals surface area contributed by atoms with Crippen LogP contribution in [-0.2, 0) is 14.4 Å². The van der Waals surface area contributed by atoms with Gasteiger partial charge in [0.1, 0.15) is 6.54 Å². The van der Waals surface area contributed by atoms with Crippen molar-refractivity contribution in [1.82, 2.24) is 0 Å². The molecule has 0 saturated carbocycles. The van der Waals surface area contributed by atoms with E-state index in [0.29, 0.717) is 23.8 Å². The summed E-state index contributed by atoms with van der Waals surface area (Å²) in [6.45, 7) is 4.52. The molecule has 6 heteroatoms. The smallest absolute Gasteiger partial charge is 0.244 e. The first-order chi connectivity index (χ1) is 13.4. The summed E-state index contributed by atoms with van der Waals surface area (Å²) in [5.41, 5.74) is 3.28. The predicted octanol–water partition coefficient (Wildman–Crippen LogP) is 3.15. The lowest BCUT2D eigenvalue weighted by atomic mass is 10.0. The number of carbonyl (C=O) groups is 3. The van der Waals surface area contributed by atoms with Gasteiger partial charge in [-0.25, -0.2) is 0 Å². The van der Waals surface area contributed by atoms with E-state index >= 15 is 0 Å². The van der Waals surface area contributed by atoms with Gasteiger partial charge in [-0.1, -0.05) is 38.1 Å². The molecule has 1 saturated heterocycles. The van der Waals surface area contributed by atoms with Crippen molar-refractivity contribution in [3.8, 4) is 0 Å². The molecule has 6 nitrogen and oxygen atoms in total. The minimum atomic E-state index is -0.464. The van der Waals surface area contributed by atoms with Crippen LogP contribution in [0.25, 0.3) is 0 Å². The summed E-state index contributed by atoms with van der Waals surface area (Å²) in [6, 6.07) is 15.1. The molecule has 1 atom stereocenters. The molecule has 1 unspecified atom stereocenters. The Morgan fingerprint density at radius 3 is 2.68 bits per heavy atom. The summed E-state index contributed by atoms with van der Waals surface area (Å²) in [5.74, 6) is -0.572. The van der Waals surface area contributed by atoms with Crippen LogP contribution in [0.15, 0.2) is 48.5 Å². The second-order valence-corrected chi connectivity index (χ2v) is 7.64. The third-order valence-corrected chi connectivity index (χ3v) is 5.36. The van der Waals surface area contributed by atoms with E-state index in [1.807, 2.05) is 42.5 Å². The van der Waals surface area contributed by atoms with Crippen molar-refractivity contribution >= 4 is 34.8 Å². The highest BCUT2D eigenvalue weighted by molar-refractivity contribution is 6.12. The number of nitrogens with zero attached hydrogens (tertiary/aromatic N) is 2. The fourth-order valence-electron chi connectivity index (χ4n) is 3.82. The molecular weight excluding hydrogens is 354 g/mol. The number of nitrogens with one attached hydrogen (secondary N) is 1. The van der Waals surface area contributed by atoms with E-state index in [4.69, 9.17) is 0 Å². The van der Waals surface area contributed by atoms with E-state index < -0.39 is 5.92 Å². The van der Waals surface area contributed by atoms with Gasteiger partial charge in [-0.2, -0.15) is 0 Å². The second-order valence-electron chi connectivity index (χ2n) is 7.64. The summed E-state index contributed by atoms with van der Waals surface area (Å²) >= 11 is 0. The van der Waals surface area contributed by atoms with Crippen LogP contribution in [0.3, 0.4) is 0 Å². The normalized spacial score (nSPS) is 19.0. The Morgan fingerprint density at radius 1 is 1.11 bits per heavy atom. The van der Waals surface area contributed by atoms with E-state index in [1.165, 1.54) is 4.90 Å². The molecule has 28 heavy (non-hydrogen) atoms. The van der Waals surface area contributed by atoms with Crippen LogP contribution < -0.4 is 15.1 Å². The molecule has 3 amide bonds. The van der Waals surface area contributed by atoms with Crippen LogP contribution in [-0.4, -0.2) is 30.8 Å². The van der Waals surface area contributed by atoms with E-state index in [2.05, 4.69) is 19.2 Å². The topological polar surface area (TPSA) is 69.7 Å². The van der Waals surface area contributed by atoms with Crippen molar-refractivity contribution in [3.63, 3.8) is 0 Å². The molecule has 2 aliphatic rings. The zero-order chi connectivity index (χ0) is 19.8. The highest BCUT2D eigenvalue weighted by atomic mass is 16.2. The molecule has 0 aliphatic carbocycles. The van der Waals surface area contributed by atoms with Crippen molar-refractivity contribution in [2.45, 2.75) is 26.2 Å². The second kappa shape index (κ2) is 7.11. The number of benzene rings is 2. The fraction of sp³-hybridized carbons (Fsp3) is 0.318. The molecule has 0 radical (unpaired) electrons. The molecule has 4 rings (SSSR count). The van der Waals surface area contributed by atoms with Crippen molar-refractivity contribution < 1.29 is 14.4 Å². The number of fused-ring (bicyclic) bond motifs is 1. The van der Waals surface area contributed by atoms with E-state index in [0.717, 1.165) is 11.3 Å². The molecular formula is C22H23N3O3. The Labute approximate surface area is 164 Å². The Bertz CT molecular complexity index is 954. The monoisotopic (exact) mass is 377 g/mol. The van der Waals surface area contributed by atoms with Gasteiger partial charge in [0.05, 0.1) is 17.3 Å². The molecule has 0 aromatic heterocycles. The number of para-hydroxylation sites is 2. The summed E-state index contributed by atoms with van der Waals surface area (Å²) in [6.07, 6.45) is 0.158. The number of hydrogen-bond donors (Lipinski definition) is 1. The van der Waals surface area contributed by atoms with Gasteiger partial charge in [0.2, 0.25) is 17.7 Å². The number of amides is 3. The lowest BCUT2D eigenvalue weighted by molar-refractivity contribution is -0.125. The molecule has 0 spiro atoms. The van der Waals surface area contributed by atoms with Crippen molar-refractivity contribution in [1.29, 1.82) is 0 Å². The molecule has 0 bridgehead atoms. The maximum atomic E-state index is 13.2. The third kappa shape index (κ3) is 3.26. The number of rotatable bonds is 3. The number of carbonyl (C=O) groups excluding carboxylic acids is 3. The van der Waals surface area contributed by atoms with Crippen LogP contribution in [0.2, 0.25) is 0 Å². The summed E-state index contributed by atoms with van der Waals surface area (Å²) in [7, 11) is 0. The van der Waals surface area contributed by atoms with Crippen LogP contribution in [0.1, 0.15) is 31.7 Å². The SMILES string of the molecule is CC(C)c1cccc(N2CC(C(=O)N3CC(=O)Nc4ccccc43)CC2=O)c1. The summed E-state index contributed by atoms with van der Waals surface area (Å²) in [5, 5.41) is 2.79. The average molecular weight is 377 g/mol. The minimum absolute atomic E-state index is 0.0244. The largest absolute Gasteiger partial charge is 0.323 e. The number of hydrogen-bond acceptors (Lipinski definition) is 3. The summed E-state index contributed by atoms with van der Waals surface area (Å²) < 4.78 is 0. The van der Waals surface area contributed by atoms with E-state index in [1.54, 1.807) is 11.0 Å². The molecule has 1 fully saturated rings. The van der Waals surface area contributed by atoms with E-state index in [-0.39, 0.29) is 30.7 Å². The Morgan fingerprint density at radius 2 is 1.89 bits per heavy atom. The maximum absolute atomic E-state index is 13.2. The van der Waals surface area contributed by atoms with Crippen LogP contribution >= 0.6 is 0 Å². The molecule has 2 heterocycles. The lowest BCUT2D eigenvalue weighted by Crippen LogP contribution is -2.45. The van der Waals surface area contributed by atoms with Crippen molar-refractivity contribution in [2.75, 3.05) is 28.2 Å². The predicted molar refractivity (Wildman–Crippen MR) is 108 cm³/mol. The van der Waals surface area contributed by atoms with E-state index in [9.17, 15) is 14.4 Å². The minimum Gasteiger partial charge on any atom is -0.323 e. The van der Waals surface area contributed by atoms with Crippen LogP contribution in [0.5, 0.6) is 0 Å². The van der Waals surface area contributed by atoms with Gasteiger partial charge in [0.15, 0.2) is 0 Å². The van der Waals surface area contributed by atoms with Gasteiger partial charge in [-0.3, -0.25) is 14.4 Å². The Kier molecular flexibility index (Phi) is 4.63. The summed E-state index contributed by atoms with van der Waals surface area (Å²) in [4.78, 5) is 41.0. The van der Waals surface area contributed by atoms with Gasteiger partial charge in [0, 0.05) is 18.7 Å². The quantitative estimate of drug-likeness (QED) is 0.893. The average Bonchev–Trinajstić information content (AvgIpc) is 3.08. The van der Waals surface area contributed by atoms with Gasteiger partial charge < -0.3 is 15.1 Å². The first kappa shape index (κ1) is 18.2. The Balaban J connectivity index is 1.57. The molecule has 1 N–H and O–H groups in total. The van der Waals surface area contributed by atoms with Gasteiger partial charge >= 0.3 is 0 Å². The number of anilines is 3. The third-order valence-electron chi connectivity index (χ3n) is 5.36. The highest BCUT2D eigenvalue weighted by Crippen LogP contribution is 2.33. The van der Waals surface area contributed by atoms with Crippen molar-refractivity contribution in [2.24, 2.45) is 5.92 Å². The first-order valence-corrected chi connectivity index (χ1v) is 9.54. The zero-order valence-corrected chi connectivity index (χ0v) is 16.0. The zero-order valence-electron chi connectivity index (χ0n) is 16.0. The maximum Gasteiger partial charge on any atom is 0.244 e. The van der Waals surface area contributed by atoms with Gasteiger partial charge in [-0.15, -0.1) is 0 Å². The molecule has 2 aliphatic heterocycles. The lowest BCUT2D eigenvalue weighted by Gasteiger charge is -2.30. The molecule has 2 aromatic carbocycles. The fourth-order valence-corrected chi connectivity index (χ4v) is 3.82. The highest BCUT2D eigenvalue weighted by Gasteiger charge is 2.39. The molecule has 2 aromatic rings.